The zero-order valence-corrected chi connectivity index (χ0v) is 14.0. The van der Waals surface area contributed by atoms with Crippen LogP contribution in [0.2, 0.25) is 0 Å². The minimum absolute atomic E-state index is 0.0448. The monoisotopic (exact) mass is 317 g/mol. The number of fused-ring (bicyclic) bond motifs is 1. The molecular formula is C18H24FN3O. The molecule has 0 spiro atoms. The van der Waals surface area contributed by atoms with Gasteiger partial charge in [0.2, 0.25) is 11.6 Å². The molecule has 124 valence electrons. The van der Waals surface area contributed by atoms with E-state index in [9.17, 15) is 9.18 Å². The summed E-state index contributed by atoms with van der Waals surface area (Å²) < 4.78 is 15.8. The summed E-state index contributed by atoms with van der Waals surface area (Å²) in [5, 5.41) is 4.28. The Hall–Kier alpha value is -2.04. The summed E-state index contributed by atoms with van der Waals surface area (Å²) in [5.74, 6) is 0.424. The molecule has 4 nitrogen and oxygen atoms in total. The van der Waals surface area contributed by atoms with E-state index < -0.39 is 6.17 Å². The Morgan fingerprint density at radius 1 is 1.39 bits per heavy atom. The smallest absolute Gasteiger partial charge is 0.217 e. The number of carbonyl (C=O) groups is 1. The molecule has 3 rings (SSSR count). The van der Waals surface area contributed by atoms with E-state index in [1.807, 2.05) is 39.0 Å². The minimum atomic E-state index is -1.18. The fourth-order valence-corrected chi connectivity index (χ4v) is 2.70. The Balaban J connectivity index is 0.000000924. The van der Waals surface area contributed by atoms with Crippen LogP contribution in [0.3, 0.4) is 0 Å². The van der Waals surface area contributed by atoms with E-state index in [0.29, 0.717) is 6.42 Å². The van der Waals surface area contributed by atoms with Crippen LogP contribution in [-0.4, -0.2) is 20.5 Å². The number of halogens is 1. The van der Waals surface area contributed by atoms with Crippen LogP contribution in [0.1, 0.15) is 68.7 Å². The van der Waals surface area contributed by atoms with E-state index in [1.165, 1.54) is 0 Å². The lowest BCUT2D eigenvalue weighted by Crippen LogP contribution is -2.10. The Kier molecular flexibility index (Phi) is 5.64. The highest BCUT2D eigenvalue weighted by Crippen LogP contribution is 2.40. The van der Waals surface area contributed by atoms with Crippen LogP contribution >= 0.6 is 0 Å². The maximum Gasteiger partial charge on any atom is 0.217 e. The molecule has 1 fully saturated rings. The van der Waals surface area contributed by atoms with Crippen LogP contribution in [0, 0.1) is 5.92 Å². The molecule has 0 saturated heterocycles. The van der Waals surface area contributed by atoms with E-state index in [4.69, 9.17) is 0 Å². The molecule has 0 aromatic carbocycles. The molecular weight excluding hydrogens is 293 g/mol. The van der Waals surface area contributed by atoms with Crippen molar-refractivity contribution in [1.82, 2.24) is 14.8 Å². The predicted molar refractivity (Wildman–Crippen MR) is 89.0 cm³/mol. The standard InChI is InChI=1S/C16H18FN3O.C2H6/c1-3-5-10(6-4-2)13-9-12(17)16-18-15(19-20(13)16)14(21)11-7-8-11;1-2/h3-6,11-13H,1,7-9H2,2H3;1-2H3/b6-4-,10-5+;. The zero-order valence-electron chi connectivity index (χ0n) is 14.0. The van der Waals surface area contributed by atoms with Crippen LogP contribution in [0.5, 0.6) is 0 Å². The molecule has 1 aromatic heterocycles. The Morgan fingerprint density at radius 2 is 2.09 bits per heavy atom. The van der Waals surface area contributed by atoms with Crippen LogP contribution in [0.15, 0.2) is 36.5 Å². The molecule has 2 unspecified atom stereocenters. The quantitative estimate of drug-likeness (QED) is 0.591. The van der Waals surface area contributed by atoms with Gasteiger partial charge >= 0.3 is 0 Å². The summed E-state index contributed by atoms with van der Waals surface area (Å²) in [6, 6.07) is -0.225. The molecule has 1 aliphatic heterocycles. The van der Waals surface area contributed by atoms with Crippen molar-refractivity contribution in [3.05, 3.63) is 48.1 Å². The predicted octanol–water partition coefficient (Wildman–Crippen LogP) is 4.54. The number of allylic oxidation sites excluding steroid dienone is 5. The number of hydrogen-bond donors (Lipinski definition) is 0. The largest absolute Gasteiger partial charge is 0.290 e. The fourth-order valence-electron chi connectivity index (χ4n) is 2.70. The third-order valence-corrected chi connectivity index (χ3v) is 3.89. The number of alkyl halides is 1. The average Bonchev–Trinajstić information content (AvgIpc) is 3.24. The van der Waals surface area contributed by atoms with E-state index in [1.54, 1.807) is 10.8 Å². The first-order valence-electron chi connectivity index (χ1n) is 8.25. The molecule has 0 N–H and O–H groups in total. The number of carbonyl (C=O) groups excluding carboxylic acids is 1. The van der Waals surface area contributed by atoms with E-state index in [2.05, 4.69) is 16.7 Å². The lowest BCUT2D eigenvalue weighted by Gasteiger charge is -2.12. The van der Waals surface area contributed by atoms with Crippen molar-refractivity contribution in [3.8, 4) is 0 Å². The van der Waals surface area contributed by atoms with Crippen molar-refractivity contribution < 1.29 is 9.18 Å². The Morgan fingerprint density at radius 3 is 2.65 bits per heavy atom. The number of aromatic nitrogens is 3. The highest BCUT2D eigenvalue weighted by Gasteiger charge is 2.39. The van der Waals surface area contributed by atoms with Crippen LogP contribution in [0.4, 0.5) is 4.39 Å². The van der Waals surface area contributed by atoms with Gasteiger partial charge in [-0.3, -0.25) is 4.79 Å². The molecule has 1 aliphatic carbocycles. The van der Waals surface area contributed by atoms with E-state index >= 15 is 0 Å². The summed E-state index contributed by atoms with van der Waals surface area (Å²) in [4.78, 5) is 16.2. The van der Waals surface area contributed by atoms with Gasteiger partial charge < -0.3 is 0 Å². The third-order valence-electron chi connectivity index (χ3n) is 3.89. The summed E-state index contributed by atoms with van der Waals surface area (Å²) in [5.41, 5.74) is 0.921. The molecule has 2 aliphatic rings. The van der Waals surface area contributed by atoms with Crippen molar-refractivity contribution in [3.63, 3.8) is 0 Å². The highest BCUT2D eigenvalue weighted by atomic mass is 19.1. The second-order valence-corrected chi connectivity index (χ2v) is 5.50. The van der Waals surface area contributed by atoms with Gasteiger partial charge in [-0.05, 0) is 25.3 Å². The van der Waals surface area contributed by atoms with Crippen molar-refractivity contribution in [2.45, 2.75) is 52.2 Å². The molecule has 1 saturated carbocycles. The molecule has 1 aromatic rings. The number of hydrogen-bond acceptors (Lipinski definition) is 3. The van der Waals surface area contributed by atoms with Crippen molar-refractivity contribution in [2.75, 3.05) is 0 Å². The molecule has 0 bridgehead atoms. The molecule has 2 atom stereocenters. The van der Waals surface area contributed by atoms with Crippen molar-refractivity contribution in [2.24, 2.45) is 5.92 Å². The van der Waals surface area contributed by atoms with E-state index in [0.717, 1.165) is 18.4 Å². The molecule has 0 radical (unpaired) electrons. The zero-order chi connectivity index (χ0) is 17.0. The molecule has 2 heterocycles. The van der Waals surface area contributed by atoms with Gasteiger partial charge in [-0.1, -0.05) is 44.7 Å². The first-order chi connectivity index (χ1) is 11.2. The van der Waals surface area contributed by atoms with Gasteiger partial charge in [0.25, 0.3) is 0 Å². The maximum absolute atomic E-state index is 14.2. The molecule has 23 heavy (non-hydrogen) atoms. The summed E-state index contributed by atoms with van der Waals surface area (Å²) in [6.07, 6.45) is 8.24. The Labute approximate surface area is 136 Å². The number of Topliss-reactive ketones (excluding diaryl/α,β-unsaturated/α-hetero) is 1. The maximum atomic E-state index is 14.2. The topological polar surface area (TPSA) is 47.8 Å². The second-order valence-electron chi connectivity index (χ2n) is 5.50. The average molecular weight is 317 g/mol. The van der Waals surface area contributed by atoms with Gasteiger partial charge in [-0.2, -0.15) is 0 Å². The van der Waals surface area contributed by atoms with Gasteiger partial charge in [0.05, 0.1) is 6.04 Å². The fraction of sp³-hybridized carbons (Fsp3) is 0.500. The molecule has 0 amide bonds. The first-order valence-corrected chi connectivity index (χ1v) is 8.25. The lowest BCUT2D eigenvalue weighted by atomic mass is 10.0. The number of nitrogens with zero attached hydrogens (tertiary/aromatic N) is 3. The van der Waals surface area contributed by atoms with Gasteiger partial charge in [-0.25, -0.2) is 14.1 Å². The van der Waals surface area contributed by atoms with Gasteiger partial charge in [0.15, 0.2) is 12.0 Å². The van der Waals surface area contributed by atoms with Crippen LogP contribution in [0.25, 0.3) is 0 Å². The van der Waals surface area contributed by atoms with Gasteiger partial charge in [0, 0.05) is 12.3 Å². The minimum Gasteiger partial charge on any atom is -0.290 e. The second kappa shape index (κ2) is 7.49. The lowest BCUT2D eigenvalue weighted by molar-refractivity contribution is 0.0956. The summed E-state index contributed by atoms with van der Waals surface area (Å²) >= 11 is 0. The Bertz CT molecular complexity index is 641. The summed E-state index contributed by atoms with van der Waals surface area (Å²) in [7, 11) is 0. The van der Waals surface area contributed by atoms with Crippen molar-refractivity contribution in [1.29, 1.82) is 0 Å². The summed E-state index contributed by atoms with van der Waals surface area (Å²) in [6.45, 7) is 9.60. The van der Waals surface area contributed by atoms with E-state index in [-0.39, 0.29) is 29.4 Å². The number of ketones is 1. The molecule has 5 heteroatoms. The van der Waals surface area contributed by atoms with Gasteiger partial charge in [-0.15, -0.1) is 5.10 Å². The van der Waals surface area contributed by atoms with Crippen LogP contribution in [-0.2, 0) is 0 Å². The van der Waals surface area contributed by atoms with Crippen LogP contribution < -0.4 is 0 Å². The number of rotatable bonds is 5. The normalized spacial score (nSPS) is 23.4. The third kappa shape index (κ3) is 3.49. The first kappa shape index (κ1) is 17.3. The highest BCUT2D eigenvalue weighted by molar-refractivity contribution is 5.95. The SMILES string of the molecule is C=C/C=C(\C=C/C)C1CC(F)c2nc(C(=O)C3CC3)nn21.CC. The van der Waals surface area contributed by atoms with Crippen molar-refractivity contribution >= 4 is 5.78 Å². The van der Waals surface area contributed by atoms with Gasteiger partial charge in [0.1, 0.15) is 0 Å².